The molecule has 1 aliphatic carbocycles. The highest BCUT2D eigenvalue weighted by Gasteiger charge is 2.36. The zero-order chi connectivity index (χ0) is 12.3. The fraction of sp³-hybridized carbons (Fsp3) is 0.455. The van der Waals surface area contributed by atoms with Crippen molar-refractivity contribution in [1.29, 1.82) is 0 Å². The van der Waals surface area contributed by atoms with Crippen LogP contribution in [0.3, 0.4) is 0 Å². The maximum Gasteiger partial charge on any atom is 0.320 e. The van der Waals surface area contributed by atoms with Crippen LogP contribution in [0, 0.1) is 5.41 Å². The van der Waals surface area contributed by atoms with E-state index in [4.69, 9.17) is 10.8 Å². The van der Waals surface area contributed by atoms with E-state index in [1.165, 1.54) is 25.2 Å². The van der Waals surface area contributed by atoms with Gasteiger partial charge in [0.15, 0.2) is 0 Å². The van der Waals surface area contributed by atoms with Crippen LogP contribution in [-0.2, 0) is 9.59 Å². The lowest BCUT2D eigenvalue weighted by molar-refractivity contribution is -0.139. The number of carbonyl (C=O) groups is 2. The van der Waals surface area contributed by atoms with Gasteiger partial charge in [0.05, 0.1) is 5.41 Å². The van der Waals surface area contributed by atoms with Gasteiger partial charge in [-0.3, -0.25) is 9.59 Å². The number of rotatable bonds is 4. The number of aliphatic hydroxyl groups excluding tert-OH is 1. The topological polar surface area (TPSA) is 101 Å². The van der Waals surface area contributed by atoms with Crippen molar-refractivity contribution in [3.05, 3.63) is 24.0 Å². The van der Waals surface area contributed by atoms with Crippen molar-refractivity contribution in [3.63, 3.8) is 0 Å². The van der Waals surface area contributed by atoms with Gasteiger partial charge in [-0.05, 0) is 31.9 Å². The predicted octanol–water partition coefficient (Wildman–Crippen LogP) is 0.766. The molecule has 88 valence electrons. The maximum absolute atomic E-state index is 11.6. The van der Waals surface area contributed by atoms with Gasteiger partial charge in [0.1, 0.15) is 17.6 Å². The second kappa shape index (κ2) is 4.49. The van der Waals surface area contributed by atoms with E-state index >= 15 is 0 Å². The molecular weight excluding hydrogens is 210 g/mol. The number of aliphatic carboxylic acids is 1. The summed E-state index contributed by atoms with van der Waals surface area (Å²) in [6.07, 6.45) is 4.76. The summed E-state index contributed by atoms with van der Waals surface area (Å²) in [5.74, 6) is -1.20. The van der Waals surface area contributed by atoms with Gasteiger partial charge in [-0.25, -0.2) is 0 Å². The molecule has 0 spiro atoms. The van der Waals surface area contributed by atoms with Crippen molar-refractivity contribution in [3.8, 4) is 0 Å². The van der Waals surface area contributed by atoms with Crippen LogP contribution in [0.5, 0.6) is 0 Å². The molecule has 5 heteroatoms. The van der Waals surface area contributed by atoms with E-state index in [-0.39, 0.29) is 24.4 Å². The maximum atomic E-state index is 11.6. The molecular formula is C11H15NO4. The number of hydrogen-bond donors (Lipinski definition) is 3. The lowest BCUT2D eigenvalue weighted by Crippen LogP contribution is -2.40. The van der Waals surface area contributed by atoms with Crippen LogP contribution in [0.15, 0.2) is 24.0 Å². The second-order valence-corrected chi connectivity index (χ2v) is 4.03. The number of ketones is 1. The Balaban J connectivity index is 2.89. The lowest BCUT2D eigenvalue weighted by Gasteiger charge is -2.30. The molecule has 0 aromatic heterocycles. The molecule has 1 rings (SSSR count). The van der Waals surface area contributed by atoms with E-state index in [0.717, 1.165) is 0 Å². The molecule has 2 atom stereocenters. The summed E-state index contributed by atoms with van der Waals surface area (Å²) in [5, 5.41) is 17.9. The largest absolute Gasteiger partial charge is 0.508 e. The normalized spacial score (nSPS) is 26.0. The van der Waals surface area contributed by atoms with E-state index in [1.807, 2.05) is 0 Å². The highest BCUT2D eigenvalue weighted by Crippen LogP contribution is 2.35. The van der Waals surface area contributed by atoms with Crippen molar-refractivity contribution >= 4 is 11.8 Å². The van der Waals surface area contributed by atoms with E-state index in [0.29, 0.717) is 0 Å². The molecule has 0 bridgehead atoms. The minimum Gasteiger partial charge on any atom is -0.508 e. The molecule has 1 aliphatic rings. The molecule has 16 heavy (non-hydrogen) atoms. The van der Waals surface area contributed by atoms with E-state index in [9.17, 15) is 14.7 Å². The zero-order valence-corrected chi connectivity index (χ0v) is 9.01. The number of nitrogens with two attached hydrogens (primary N) is 1. The molecule has 1 unspecified atom stereocenters. The van der Waals surface area contributed by atoms with Crippen molar-refractivity contribution in [2.45, 2.75) is 25.8 Å². The highest BCUT2D eigenvalue weighted by molar-refractivity contribution is 5.86. The van der Waals surface area contributed by atoms with Gasteiger partial charge in [0.2, 0.25) is 0 Å². The average Bonchev–Trinajstić information content (AvgIpc) is 2.21. The summed E-state index contributed by atoms with van der Waals surface area (Å²) >= 11 is 0. The van der Waals surface area contributed by atoms with Crippen molar-refractivity contribution < 1.29 is 19.8 Å². The Labute approximate surface area is 93.3 Å². The van der Waals surface area contributed by atoms with Gasteiger partial charge in [-0.2, -0.15) is 0 Å². The fourth-order valence-electron chi connectivity index (χ4n) is 1.70. The monoisotopic (exact) mass is 225 g/mol. The van der Waals surface area contributed by atoms with Gasteiger partial charge in [-0.1, -0.05) is 6.08 Å². The van der Waals surface area contributed by atoms with Crippen LogP contribution in [0.2, 0.25) is 0 Å². The van der Waals surface area contributed by atoms with Crippen molar-refractivity contribution in [2.24, 2.45) is 11.1 Å². The molecule has 0 fully saturated rings. The molecule has 0 aromatic carbocycles. The Hall–Kier alpha value is -1.62. The third-order valence-electron chi connectivity index (χ3n) is 2.85. The Morgan fingerprint density at radius 3 is 2.62 bits per heavy atom. The van der Waals surface area contributed by atoms with Crippen LogP contribution in [0.25, 0.3) is 0 Å². The summed E-state index contributed by atoms with van der Waals surface area (Å²) < 4.78 is 0. The van der Waals surface area contributed by atoms with E-state index in [2.05, 4.69) is 0 Å². The molecule has 0 aromatic rings. The smallest absolute Gasteiger partial charge is 0.320 e. The quantitative estimate of drug-likeness (QED) is 0.656. The molecule has 0 amide bonds. The number of carboxylic acid groups (broad SMARTS) is 1. The number of Topliss-reactive ketones (excluding diaryl/α,β-unsaturated/α-hetero) is 1. The lowest BCUT2D eigenvalue weighted by atomic mass is 9.73. The molecule has 4 N–H and O–H groups in total. The molecule has 0 saturated carbocycles. The highest BCUT2D eigenvalue weighted by atomic mass is 16.4. The fourth-order valence-corrected chi connectivity index (χ4v) is 1.70. The number of allylic oxidation sites excluding steroid dienone is 3. The molecule has 0 aliphatic heterocycles. The average molecular weight is 225 g/mol. The number of hydrogen-bond acceptors (Lipinski definition) is 4. The summed E-state index contributed by atoms with van der Waals surface area (Å²) in [6.45, 7) is 1.40. The summed E-state index contributed by atoms with van der Waals surface area (Å²) in [5.41, 5.74) is 4.54. The Bertz CT molecular complexity index is 372. The van der Waals surface area contributed by atoms with Crippen molar-refractivity contribution in [2.75, 3.05) is 0 Å². The molecule has 0 saturated heterocycles. The molecule has 5 nitrogen and oxygen atoms in total. The standard InChI is InChI=1S/C11H15NO4/c1-7(13)11(6-9(12)10(15)16)4-2-8(14)3-5-11/h2-4,9,14H,5-6,12H2,1H3,(H,15,16)/t9-,11?/m0/s1. The van der Waals surface area contributed by atoms with Crippen LogP contribution in [0.4, 0.5) is 0 Å². The van der Waals surface area contributed by atoms with Gasteiger partial charge in [0, 0.05) is 0 Å². The van der Waals surface area contributed by atoms with Crippen LogP contribution >= 0.6 is 0 Å². The molecule has 0 heterocycles. The zero-order valence-electron chi connectivity index (χ0n) is 9.01. The Kier molecular flexibility index (Phi) is 3.49. The SMILES string of the molecule is CC(=O)C1(C[C@H](N)C(=O)O)C=CC(O)=CC1. The first kappa shape index (κ1) is 12.4. The summed E-state index contributed by atoms with van der Waals surface area (Å²) in [4.78, 5) is 22.3. The van der Waals surface area contributed by atoms with Gasteiger partial charge in [0.25, 0.3) is 0 Å². The summed E-state index contributed by atoms with van der Waals surface area (Å²) in [7, 11) is 0. The number of carboxylic acids is 1. The number of aliphatic hydroxyl groups is 1. The number of carbonyl (C=O) groups excluding carboxylic acids is 1. The van der Waals surface area contributed by atoms with Gasteiger partial charge in [-0.15, -0.1) is 0 Å². The minimum absolute atomic E-state index is 0.0396. The third-order valence-corrected chi connectivity index (χ3v) is 2.85. The molecule has 0 radical (unpaired) electrons. The Morgan fingerprint density at radius 1 is 1.62 bits per heavy atom. The van der Waals surface area contributed by atoms with Gasteiger partial charge >= 0.3 is 5.97 Å². The van der Waals surface area contributed by atoms with Crippen molar-refractivity contribution in [1.82, 2.24) is 0 Å². The first-order valence-electron chi connectivity index (χ1n) is 4.95. The first-order chi connectivity index (χ1) is 7.37. The first-order valence-corrected chi connectivity index (χ1v) is 4.95. The minimum atomic E-state index is -1.13. The van der Waals surface area contributed by atoms with Gasteiger partial charge < -0.3 is 15.9 Å². The van der Waals surface area contributed by atoms with E-state index < -0.39 is 17.4 Å². The Morgan fingerprint density at radius 2 is 2.25 bits per heavy atom. The van der Waals surface area contributed by atoms with Crippen LogP contribution in [-0.4, -0.2) is 28.0 Å². The predicted molar refractivity (Wildman–Crippen MR) is 57.8 cm³/mol. The second-order valence-electron chi connectivity index (χ2n) is 4.03. The summed E-state index contributed by atoms with van der Waals surface area (Å²) in [6, 6.07) is -1.08. The third kappa shape index (κ3) is 2.49. The van der Waals surface area contributed by atoms with Crippen LogP contribution in [0.1, 0.15) is 19.8 Å². The van der Waals surface area contributed by atoms with E-state index in [1.54, 1.807) is 0 Å². The van der Waals surface area contributed by atoms with Crippen LogP contribution < -0.4 is 5.73 Å².